The van der Waals surface area contributed by atoms with Crippen LogP contribution in [0.4, 0.5) is 17.2 Å². The molecule has 2 heterocycles. The van der Waals surface area contributed by atoms with E-state index in [9.17, 15) is 10.1 Å². The normalized spacial score (nSPS) is 23.4. The molecule has 1 aromatic heterocycles. The van der Waals surface area contributed by atoms with Gasteiger partial charge in [-0.15, -0.1) is 0 Å². The molecule has 5 rings (SSSR count). The number of nitrogens with zero attached hydrogens (tertiary/aromatic N) is 3. The van der Waals surface area contributed by atoms with Crippen molar-refractivity contribution < 1.29 is 9.53 Å². The summed E-state index contributed by atoms with van der Waals surface area (Å²) in [5.74, 6) is 0.932. The molecule has 3 aliphatic rings. The van der Waals surface area contributed by atoms with Crippen LogP contribution in [0, 0.1) is 17.2 Å². The molecule has 0 atom stereocenters. The second-order valence-electron chi connectivity index (χ2n) is 9.64. The Labute approximate surface area is 189 Å². The number of carbonyl (C=O) groups excluding carboxylic acids is 1. The van der Waals surface area contributed by atoms with Gasteiger partial charge in [0.1, 0.15) is 5.82 Å². The topological polar surface area (TPSA) is 78.2 Å². The lowest BCUT2D eigenvalue weighted by molar-refractivity contribution is -0.124. The molecule has 32 heavy (non-hydrogen) atoms. The van der Waals surface area contributed by atoms with E-state index in [1.165, 1.54) is 0 Å². The van der Waals surface area contributed by atoms with Gasteiger partial charge in [0.25, 0.3) is 0 Å². The summed E-state index contributed by atoms with van der Waals surface area (Å²) in [5.41, 5.74) is 3.33. The molecule has 1 amide bonds. The van der Waals surface area contributed by atoms with Crippen molar-refractivity contribution in [2.24, 2.45) is 5.92 Å². The Kier molecular flexibility index (Phi) is 5.38. The van der Waals surface area contributed by atoms with Crippen LogP contribution >= 0.6 is 0 Å². The molecule has 6 nitrogen and oxygen atoms in total. The van der Waals surface area contributed by atoms with Crippen LogP contribution in [0.2, 0.25) is 0 Å². The van der Waals surface area contributed by atoms with Crippen molar-refractivity contribution in [2.45, 2.75) is 76.5 Å². The zero-order chi connectivity index (χ0) is 22.3. The monoisotopic (exact) mass is 430 g/mol. The standard InChI is InChI=1S/C26H30N4O2/c1-17(2)32-21-8-5-18(6-9-21)25(31)30-15-19-4-3-13-28-24(19)29-22-10-7-20(14-23(22)30)26(16-27)11-12-26/h3-4,7,10,13-14,17-18,21H,5-6,8-9,11-12,15H2,1-2H3,(H,28,29)/t18-,21-. The lowest BCUT2D eigenvalue weighted by Crippen LogP contribution is -2.38. The Hall–Kier alpha value is -2.91. The van der Waals surface area contributed by atoms with Gasteiger partial charge in [-0.1, -0.05) is 12.1 Å². The molecule has 0 spiro atoms. The maximum absolute atomic E-state index is 13.8. The lowest BCUT2D eigenvalue weighted by atomic mass is 9.86. The summed E-state index contributed by atoms with van der Waals surface area (Å²) in [7, 11) is 0. The van der Waals surface area contributed by atoms with E-state index in [1.54, 1.807) is 6.20 Å². The molecule has 6 heteroatoms. The van der Waals surface area contributed by atoms with Crippen LogP contribution in [-0.2, 0) is 21.5 Å². The fraction of sp³-hybridized carbons (Fsp3) is 0.500. The molecular formula is C26H30N4O2. The van der Waals surface area contributed by atoms with Gasteiger partial charge in [0.15, 0.2) is 0 Å². The van der Waals surface area contributed by atoms with Crippen LogP contribution < -0.4 is 10.2 Å². The summed E-state index contributed by atoms with van der Waals surface area (Å²) < 4.78 is 5.99. The summed E-state index contributed by atoms with van der Waals surface area (Å²) in [4.78, 5) is 20.2. The van der Waals surface area contributed by atoms with Crippen molar-refractivity contribution in [1.82, 2.24) is 4.98 Å². The SMILES string of the molecule is CC(C)O[C@H]1CC[C@H](C(=O)N2Cc3cccnc3Nc3ccc(C4(C#N)CC4)cc32)CC1. The highest BCUT2D eigenvalue weighted by molar-refractivity contribution is 5.99. The largest absolute Gasteiger partial charge is 0.376 e. The van der Waals surface area contributed by atoms with Crippen LogP contribution in [-0.4, -0.2) is 23.1 Å². The molecule has 1 aromatic carbocycles. The number of anilines is 3. The van der Waals surface area contributed by atoms with Gasteiger partial charge in [0, 0.05) is 17.7 Å². The third kappa shape index (κ3) is 3.86. The number of hydrogen-bond donors (Lipinski definition) is 1. The van der Waals surface area contributed by atoms with Crippen molar-refractivity contribution in [3.8, 4) is 6.07 Å². The van der Waals surface area contributed by atoms with Gasteiger partial charge in [0.2, 0.25) is 5.91 Å². The van der Waals surface area contributed by atoms with Gasteiger partial charge < -0.3 is 15.0 Å². The van der Waals surface area contributed by atoms with Crippen molar-refractivity contribution >= 4 is 23.1 Å². The number of rotatable bonds is 4. The molecule has 2 saturated carbocycles. The second kappa shape index (κ2) is 8.22. The number of aromatic nitrogens is 1. The predicted octanol–water partition coefficient (Wildman–Crippen LogP) is 5.21. The van der Waals surface area contributed by atoms with E-state index < -0.39 is 5.41 Å². The summed E-state index contributed by atoms with van der Waals surface area (Å²) >= 11 is 0. The maximum Gasteiger partial charge on any atom is 0.230 e. The first-order valence-electron chi connectivity index (χ1n) is 11.7. The van der Waals surface area contributed by atoms with Crippen molar-refractivity contribution in [2.75, 3.05) is 10.2 Å². The molecule has 1 N–H and O–H groups in total. The van der Waals surface area contributed by atoms with Crippen molar-refractivity contribution in [1.29, 1.82) is 5.26 Å². The van der Waals surface area contributed by atoms with E-state index in [0.717, 1.165) is 66.8 Å². The summed E-state index contributed by atoms with van der Waals surface area (Å²) in [6.07, 6.45) is 7.52. The highest BCUT2D eigenvalue weighted by Gasteiger charge is 2.45. The molecular weight excluding hydrogens is 400 g/mol. The minimum atomic E-state index is -0.395. The summed E-state index contributed by atoms with van der Waals surface area (Å²) in [6.45, 7) is 4.61. The smallest absolute Gasteiger partial charge is 0.230 e. The predicted molar refractivity (Wildman–Crippen MR) is 124 cm³/mol. The third-order valence-electron chi connectivity index (χ3n) is 7.03. The van der Waals surface area contributed by atoms with Crippen molar-refractivity contribution in [3.63, 3.8) is 0 Å². The van der Waals surface area contributed by atoms with Gasteiger partial charge in [-0.3, -0.25) is 4.79 Å². The van der Waals surface area contributed by atoms with Crippen LogP contribution in [0.5, 0.6) is 0 Å². The zero-order valence-electron chi connectivity index (χ0n) is 18.8. The Bertz CT molecular complexity index is 1060. The van der Waals surface area contributed by atoms with Gasteiger partial charge in [-0.2, -0.15) is 5.26 Å². The van der Waals surface area contributed by atoms with Gasteiger partial charge in [-0.25, -0.2) is 4.98 Å². The Morgan fingerprint density at radius 1 is 1.25 bits per heavy atom. The molecule has 0 unspecified atom stereocenters. The number of fused-ring (bicyclic) bond motifs is 2. The number of nitrogens with one attached hydrogen (secondary N) is 1. The fourth-order valence-corrected chi connectivity index (χ4v) is 5.06. The average molecular weight is 431 g/mol. The van der Waals surface area contributed by atoms with Crippen LogP contribution in [0.3, 0.4) is 0 Å². The Morgan fingerprint density at radius 3 is 2.72 bits per heavy atom. The summed E-state index contributed by atoms with van der Waals surface area (Å²) in [5, 5.41) is 13.1. The van der Waals surface area contributed by atoms with E-state index >= 15 is 0 Å². The molecule has 1 aliphatic heterocycles. The van der Waals surface area contributed by atoms with Gasteiger partial charge in [-0.05, 0) is 76.1 Å². The van der Waals surface area contributed by atoms with Gasteiger partial charge in [0.05, 0.1) is 41.6 Å². The maximum atomic E-state index is 13.8. The summed E-state index contributed by atoms with van der Waals surface area (Å²) in [6, 6.07) is 12.5. The number of benzene rings is 1. The highest BCUT2D eigenvalue weighted by atomic mass is 16.5. The molecule has 166 valence electrons. The second-order valence-corrected chi connectivity index (χ2v) is 9.64. The van der Waals surface area contributed by atoms with E-state index in [1.807, 2.05) is 29.2 Å². The molecule has 0 bridgehead atoms. The zero-order valence-corrected chi connectivity index (χ0v) is 18.8. The molecule has 0 saturated heterocycles. The molecule has 2 aromatic rings. The quantitative estimate of drug-likeness (QED) is 0.720. The first kappa shape index (κ1) is 21.0. The minimum absolute atomic E-state index is 0.0115. The Balaban J connectivity index is 1.46. The molecule has 0 radical (unpaired) electrons. The van der Waals surface area contributed by atoms with Crippen LogP contribution in [0.15, 0.2) is 36.5 Å². The fourth-order valence-electron chi connectivity index (χ4n) is 5.06. The average Bonchev–Trinajstić information content (AvgIpc) is 3.61. The molecule has 2 aliphatic carbocycles. The Morgan fingerprint density at radius 2 is 2.03 bits per heavy atom. The van der Waals surface area contributed by atoms with E-state index in [-0.39, 0.29) is 24.0 Å². The number of hydrogen-bond acceptors (Lipinski definition) is 5. The van der Waals surface area contributed by atoms with Crippen LogP contribution in [0.25, 0.3) is 0 Å². The number of carbonyl (C=O) groups is 1. The minimum Gasteiger partial charge on any atom is -0.376 e. The number of ether oxygens (including phenoxy) is 1. The number of nitriles is 1. The third-order valence-corrected chi connectivity index (χ3v) is 7.03. The van der Waals surface area contributed by atoms with Crippen molar-refractivity contribution in [3.05, 3.63) is 47.7 Å². The first-order valence-corrected chi connectivity index (χ1v) is 11.7. The number of amides is 1. The lowest BCUT2D eigenvalue weighted by Gasteiger charge is -2.33. The van der Waals surface area contributed by atoms with Gasteiger partial charge >= 0.3 is 0 Å². The van der Waals surface area contributed by atoms with Crippen LogP contribution in [0.1, 0.15) is 63.5 Å². The van der Waals surface area contributed by atoms with E-state index in [4.69, 9.17) is 4.74 Å². The highest BCUT2D eigenvalue weighted by Crippen LogP contribution is 2.50. The van der Waals surface area contributed by atoms with E-state index in [2.05, 4.69) is 36.3 Å². The van der Waals surface area contributed by atoms with E-state index in [0.29, 0.717) is 6.54 Å². The number of pyridine rings is 1. The molecule has 2 fully saturated rings. The first-order chi connectivity index (χ1) is 15.5.